The lowest BCUT2D eigenvalue weighted by molar-refractivity contribution is 0.306. The van der Waals surface area contributed by atoms with E-state index in [1.54, 1.807) is 61.2 Å². The van der Waals surface area contributed by atoms with E-state index in [1.165, 1.54) is 12.1 Å². The van der Waals surface area contributed by atoms with Crippen molar-refractivity contribution in [1.82, 2.24) is 24.5 Å². The minimum atomic E-state index is -3.59. The van der Waals surface area contributed by atoms with Crippen LogP contribution in [0, 0.1) is 0 Å². The van der Waals surface area contributed by atoms with Gasteiger partial charge in [-0.15, -0.1) is 15.3 Å². The van der Waals surface area contributed by atoms with Crippen LogP contribution in [0.2, 0.25) is 0 Å². The second kappa shape index (κ2) is 9.20. The van der Waals surface area contributed by atoms with Gasteiger partial charge in [-0.3, -0.25) is 0 Å². The van der Waals surface area contributed by atoms with Gasteiger partial charge in [0.25, 0.3) is 0 Å². The average molecular weight is 455 g/mol. The molecular weight excluding hydrogens is 434 g/mol. The van der Waals surface area contributed by atoms with Crippen molar-refractivity contribution in [1.29, 1.82) is 0 Å². The highest BCUT2D eigenvalue weighted by Gasteiger charge is 2.15. The summed E-state index contributed by atoms with van der Waals surface area (Å²) in [5.74, 6) is 1.95. The number of aromatic nitrogens is 4. The number of nitrogens with zero attached hydrogens (tertiary/aromatic N) is 4. The molecule has 0 saturated heterocycles. The fourth-order valence-electron chi connectivity index (χ4n) is 3.02. The highest BCUT2D eigenvalue weighted by molar-refractivity contribution is 7.89. The lowest BCUT2D eigenvalue weighted by Crippen LogP contribution is -2.28. The van der Waals surface area contributed by atoms with Gasteiger partial charge in [-0.1, -0.05) is 18.2 Å². The van der Waals surface area contributed by atoms with Gasteiger partial charge in [0, 0.05) is 18.2 Å². The summed E-state index contributed by atoms with van der Waals surface area (Å²) in [5, 5.41) is 12.8. The molecule has 0 aliphatic carbocycles. The number of sulfonamides is 1. The first-order chi connectivity index (χ1) is 15.5. The molecule has 0 aliphatic heterocycles. The topological polar surface area (TPSA) is 117 Å². The number of nitrogens with one attached hydrogen (secondary N) is 1. The first-order valence-electron chi connectivity index (χ1n) is 9.64. The maximum atomic E-state index is 12.3. The van der Waals surface area contributed by atoms with Gasteiger partial charge in [0.05, 0.1) is 19.1 Å². The predicted molar refractivity (Wildman–Crippen MR) is 116 cm³/mol. The van der Waals surface area contributed by atoms with Gasteiger partial charge in [-0.25, -0.2) is 13.1 Å². The van der Waals surface area contributed by atoms with E-state index in [2.05, 4.69) is 20.0 Å². The number of hydrogen-bond donors (Lipinski definition) is 1. The van der Waals surface area contributed by atoms with Crippen molar-refractivity contribution >= 4 is 15.7 Å². The molecule has 4 rings (SSSR count). The van der Waals surface area contributed by atoms with Crippen molar-refractivity contribution in [3.8, 4) is 28.8 Å². The Morgan fingerprint density at radius 2 is 1.72 bits per heavy atom. The van der Waals surface area contributed by atoms with Crippen molar-refractivity contribution < 1.29 is 22.6 Å². The maximum absolute atomic E-state index is 12.3. The summed E-state index contributed by atoms with van der Waals surface area (Å²) in [6, 6.07) is 16.9. The Morgan fingerprint density at radius 3 is 2.47 bits per heavy atom. The van der Waals surface area contributed by atoms with Gasteiger partial charge in [0.2, 0.25) is 15.9 Å². The molecule has 0 fully saturated rings. The van der Waals surface area contributed by atoms with E-state index >= 15 is 0 Å². The van der Waals surface area contributed by atoms with Crippen LogP contribution in [0.3, 0.4) is 0 Å². The van der Waals surface area contributed by atoms with Crippen molar-refractivity contribution in [2.75, 3.05) is 27.4 Å². The Labute approximate surface area is 184 Å². The maximum Gasteiger partial charge on any atom is 0.240 e. The van der Waals surface area contributed by atoms with Crippen LogP contribution in [0.25, 0.3) is 17.0 Å². The summed E-state index contributed by atoms with van der Waals surface area (Å²) < 4.78 is 44.8. The number of hydrogen-bond acceptors (Lipinski definition) is 8. The monoisotopic (exact) mass is 455 g/mol. The lowest BCUT2D eigenvalue weighted by atomic mass is 10.2. The fourth-order valence-corrected chi connectivity index (χ4v) is 4.05. The lowest BCUT2D eigenvalue weighted by Gasteiger charge is -2.09. The second-order valence-electron chi connectivity index (χ2n) is 6.59. The standard InChI is InChI=1S/C21H21N5O5S/c1-29-17-9-8-15(14-18(17)30-2)21-24-23-19-10-11-20(25-26(19)21)31-13-12-22-32(27,28)16-6-4-3-5-7-16/h3-11,14,22H,12-13H2,1-2H3. The molecule has 2 aromatic carbocycles. The summed E-state index contributed by atoms with van der Waals surface area (Å²) in [6.07, 6.45) is 0. The smallest absolute Gasteiger partial charge is 0.240 e. The Hall–Kier alpha value is -3.70. The van der Waals surface area contributed by atoms with Crippen molar-refractivity contribution in [3.05, 3.63) is 60.7 Å². The number of benzene rings is 2. The molecular formula is C21H21N5O5S. The normalized spacial score (nSPS) is 11.4. The highest BCUT2D eigenvalue weighted by Crippen LogP contribution is 2.31. The van der Waals surface area contributed by atoms with Crippen LogP contribution in [0.5, 0.6) is 17.4 Å². The van der Waals surface area contributed by atoms with Gasteiger partial charge in [-0.05, 0) is 36.4 Å². The summed E-state index contributed by atoms with van der Waals surface area (Å²) in [4.78, 5) is 0.198. The third-order valence-electron chi connectivity index (χ3n) is 4.58. The third kappa shape index (κ3) is 4.48. The highest BCUT2D eigenvalue weighted by atomic mass is 32.2. The number of rotatable bonds is 9. The zero-order chi connectivity index (χ0) is 22.6. The number of methoxy groups -OCH3 is 2. The Morgan fingerprint density at radius 1 is 0.938 bits per heavy atom. The van der Waals surface area contributed by atoms with Crippen LogP contribution in [-0.2, 0) is 10.0 Å². The summed E-state index contributed by atoms with van der Waals surface area (Å²) in [7, 11) is -0.473. The molecule has 0 saturated carbocycles. The molecule has 1 N–H and O–H groups in total. The van der Waals surface area contributed by atoms with Crippen molar-refractivity contribution in [2.24, 2.45) is 0 Å². The number of fused-ring (bicyclic) bond motifs is 1. The molecule has 0 bridgehead atoms. The molecule has 166 valence electrons. The molecule has 0 amide bonds. The van der Waals surface area contributed by atoms with Crippen LogP contribution in [-0.4, -0.2) is 55.6 Å². The van der Waals surface area contributed by atoms with Gasteiger partial charge in [0.15, 0.2) is 23.0 Å². The van der Waals surface area contributed by atoms with Gasteiger partial charge in [0.1, 0.15) is 6.61 Å². The molecule has 0 radical (unpaired) electrons. The minimum absolute atomic E-state index is 0.0850. The van der Waals surface area contributed by atoms with Crippen molar-refractivity contribution in [3.63, 3.8) is 0 Å². The van der Waals surface area contributed by atoms with E-state index in [1.807, 2.05) is 6.07 Å². The van der Waals surface area contributed by atoms with Crippen LogP contribution in [0.15, 0.2) is 65.6 Å². The van der Waals surface area contributed by atoms with Gasteiger partial charge >= 0.3 is 0 Å². The molecule has 32 heavy (non-hydrogen) atoms. The van der Waals surface area contributed by atoms with Crippen LogP contribution < -0.4 is 18.9 Å². The average Bonchev–Trinajstić information content (AvgIpc) is 3.25. The van der Waals surface area contributed by atoms with E-state index in [0.29, 0.717) is 28.9 Å². The summed E-state index contributed by atoms with van der Waals surface area (Å²) in [6.45, 7) is 0.181. The first-order valence-corrected chi connectivity index (χ1v) is 11.1. The largest absolute Gasteiger partial charge is 0.493 e. The molecule has 2 aromatic heterocycles. The second-order valence-corrected chi connectivity index (χ2v) is 8.36. The van der Waals surface area contributed by atoms with E-state index in [-0.39, 0.29) is 18.0 Å². The van der Waals surface area contributed by atoms with E-state index in [9.17, 15) is 8.42 Å². The van der Waals surface area contributed by atoms with E-state index < -0.39 is 10.0 Å². The summed E-state index contributed by atoms with van der Waals surface area (Å²) in [5.41, 5.74) is 1.27. The van der Waals surface area contributed by atoms with Gasteiger partial charge in [-0.2, -0.15) is 4.52 Å². The zero-order valence-corrected chi connectivity index (χ0v) is 18.2. The van der Waals surface area contributed by atoms with E-state index in [4.69, 9.17) is 14.2 Å². The molecule has 0 spiro atoms. The Kier molecular flexibility index (Phi) is 6.19. The predicted octanol–water partition coefficient (Wildman–Crippen LogP) is 2.17. The fraction of sp³-hybridized carbons (Fsp3) is 0.190. The summed E-state index contributed by atoms with van der Waals surface area (Å²) >= 11 is 0. The Bertz CT molecular complexity index is 1330. The molecule has 0 atom stereocenters. The van der Waals surface area contributed by atoms with Crippen LogP contribution in [0.1, 0.15) is 0 Å². The molecule has 11 heteroatoms. The molecule has 10 nitrogen and oxygen atoms in total. The molecule has 4 aromatic rings. The molecule has 0 unspecified atom stereocenters. The molecule has 2 heterocycles. The molecule has 0 aliphatic rings. The van der Waals surface area contributed by atoms with Gasteiger partial charge < -0.3 is 14.2 Å². The van der Waals surface area contributed by atoms with Crippen LogP contribution in [0.4, 0.5) is 0 Å². The quantitative estimate of drug-likeness (QED) is 0.382. The van der Waals surface area contributed by atoms with Crippen LogP contribution >= 0.6 is 0 Å². The SMILES string of the molecule is COc1ccc(-c2nnc3ccc(OCCNS(=O)(=O)c4ccccc4)nn23)cc1OC. The Balaban J connectivity index is 1.47. The minimum Gasteiger partial charge on any atom is -0.493 e. The first kappa shape index (κ1) is 21.5. The third-order valence-corrected chi connectivity index (χ3v) is 6.05. The number of ether oxygens (including phenoxy) is 3. The zero-order valence-electron chi connectivity index (χ0n) is 17.4. The van der Waals surface area contributed by atoms with E-state index in [0.717, 1.165) is 5.56 Å². The van der Waals surface area contributed by atoms with Crippen molar-refractivity contribution in [2.45, 2.75) is 4.90 Å².